The highest BCUT2D eigenvalue weighted by Crippen LogP contribution is 2.13. The minimum Gasteiger partial charge on any atom is -0.477 e. The number of aliphatic carboxylic acids is 1. The standard InChI is InChI=1S/C44H75NO7/c1-6-8-10-12-14-16-18-19-20-21-22-23-25-27-29-31-33-35-43(47)52-40(38-50-37-36-41(44(48)49)45(3,4)5)39-51-42(46)34-32-30-28-26-24-17-15-13-11-9-7-2/h9,11,14-17,19-20,26,28,40-41H,6-8,10,12-13,18,21-25,27,29-39H2,1-5H3/p+1/b11-9+,16-14+,17-15+,20-19+,28-26+. The van der Waals surface area contributed by atoms with Gasteiger partial charge in [0.2, 0.25) is 0 Å². The number of allylic oxidation sites excluding steroid dienone is 10. The van der Waals surface area contributed by atoms with Crippen LogP contribution in [0.25, 0.3) is 0 Å². The zero-order valence-corrected chi connectivity index (χ0v) is 33.7. The second-order valence-corrected chi connectivity index (χ2v) is 14.5. The Hall–Kier alpha value is -2.97. The number of ether oxygens (including phenoxy) is 3. The highest BCUT2D eigenvalue weighted by atomic mass is 16.6. The van der Waals surface area contributed by atoms with Crippen LogP contribution in [-0.2, 0) is 28.6 Å². The van der Waals surface area contributed by atoms with Gasteiger partial charge in [-0.1, -0.05) is 120 Å². The van der Waals surface area contributed by atoms with Gasteiger partial charge >= 0.3 is 17.9 Å². The Morgan fingerprint density at radius 3 is 1.65 bits per heavy atom. The predicted molar refractivity (Wildman–Crippen MR) is 215 cm³/mol. The molecule has 52 heavy (non-hydrogen) atoms. The van der Waals surface area contributed by atoms with Crippen molar-refractivity contribution in [3.63, 3.8) is 0 Å². The molecule has 0 aromatic heterocycles. The molecule has 0 spiro atoms. The zero-order chi connectivity index (χ0) is 38.5. The van der Waals surface area contributed by atoms with Gasteiger partial charge in [0, 0.05) is 19.3 Å². The van der Waals surface area contributed by atoms with Crippen molar-refractivity contribution in [1.82, 2.24) is 0 Å². The fourth-order valence-corrected chi connectivity index (χ4v) is 5.50. The third-order valence-electron chi connectivity index (χ3n) is 8.65. The summed E-state index contributed by atoms with van der Waals surface area (Å²) in [5.41, 5.74) is 0. The molecule has 0 amide bonds. The Morgan fingerprint density at radius 2 is 1.10 bits per heavy atom. The summed E-state index contributed by atoms with van der Waals surface area (Å²) < 4.78 is 17.2. The molecule has 1 N–H and O–H groups in total. The molecule has 0 aliphatic heterocycles. The molecular formula is C44H76NO7+. The summed E-state index contributed by atoms with van der Waals surface area (Å²) in [4.78, 5) is 36.8. The Morgan fingerprint density at radius 1 is 0.596 bits per heavy atom. The van der Waals surface area contributed by atoms with Crippen molar-refractivity contribution < 1.29 is 38.2 Å². The minimum absolute atomic E-state index is 0.0396. The van der Waals surface area contributed by atoms with Gasteiger partial charge < -0.3 is 23.8 Å². The lowest BCUT2D eigenvalue weighted by atomic mass is 10.1. The molecule has 0 bridgehead atoms. The molecule has 0 saturated heterocycles. The first-order chi connectivity index (χ1) is 25.1. The van der Waals surface area contributed by atoms with Gasteiger partial charge in [-0.25, -0.2) is 4.79 Å². The summed E-state index contributed by atoms with van der Waals surface area (Å²) in [5.74, 6) is -1.56. The normalized spacial score (nSPS) is 13.6. The van der Waals surface area contributed by atoms with Crippen molar-refractivity contribution in [2.45, 2.75) is 161 Å². The Labute approximate surface area is 318 Å². The fourth-order valence-electron chi connectivity index (χ4n) is 5.50. The van der Waals surface area contributed by atoms with E-state index in [4.69, 9.17) is 14.2 Å². The van der Waals surface area contributed by atoms with Gasteiger partial charge in [-0.05, 0) is 70.6 Å². The highest BCUT2D eigenvalue weighted by molar-refractivity contribution is 5.72. The molecule has 0 rings (SSSR count). The lowest BCUT2D eigenvalue weighted by molar-refractivity contribution is -0.887. The number of esters is 2. The molecule has 0 saturated carbocycles. The molecule has 298 valence electrons. The van der Waals surface area contributed by atoms with Crippen LogP contribution in [0.15, 0.2) is 60.8 Å². The average molecular weight is 731 g/mol. The fraction of sp³-hybridized carbons (Fsp3) is 0.705. The number of likely N-dealkylation sites (N-methyl/N-ethyl adjacent to an activating group) is 1. The number of quaternary nitrogens is 1. The topological polar surface area (TPSA) is 99.1 Å². The quantitative estimate of drug-likeness (QED) is 0.0300. The maximum atomic E-state index is 12.7. The number of carbonyl (C=O) groups is 3. The molecule has 8 heteroatoms. The highest BCUT2D eigenvalue weighted by Gasteiger charge is 2.31. The molecule has 2 atom stereocenters. The Bertz CT molecular complexity index is 1040. The summed E-state index contributed by atoms with van der Waals surface area (Å²) in [7, 11) is 5.49. The molecule has 0 aromatic rings. The molecule has 0 heterocycles. The minimum atomic E-state index is -0.886. The predicted octanol–water partition coefficient (Wildman–Crippen LogP) is 10.6. The van der Waals surface area contributed by atoms with Crippen LogP contribution in [0.5, 0.6) is 0 Å². The molecule has 0 fully saturated rings. The van der Waals surface area contributed by atoms with Crippen LogP contribution in [0.1, 0.15) is 149 Å². The van der Waals surface area contributed by atoms with Crippen LogP contribution >= 0.6 is 0 Å². The van der Waals surface area contributed by atoms with Crippen molar-refractivity contribution in [2.75, 3.05) is 41.0 Å². The van der Waals surface area contributed by atoms with Crippen LogP contribution in [0.4, 0.5) is 0 Å². The summed E-state index contributed by atoms with van der Waals surface area (Å²) in [5, 5.41) is 9.59. The van der Waals surface area contributed by atoms with Crippen LogP contribution in [-0.4, -0.2) is 80.6 Å². The van der Waals surface area contributed by atoms with Gasteiger partial charge in [-0.3, -0.25) is 9.59 Å². The smallest absolute Gasteiger partial charge is 0.362 e. The molecule has 8 nitrogen and oxygen atoms in total. The van der Waals surface area contributed by atoms with E-state index >= 15 is 0 Å². The Kier molecular flexibility index (Phi) is 33.1. The van der Waals surface area contributed by atoms with E-state index in [1.165, 1.54) is 51.4 Å². The van der Waals surface area contributed by atoms with E-state index in [0.29, 0.717) is 19.3 Å². The van der Waals surface area contributed by atoms with Crippen molar-refractivity contribution >= 4 is 17.9 Å². The summed E-state index contributed by atoms with van der Waals surface area (Å²) in [6.45, 7) is 4.51. The van der Waals surface area contributed by atoms with Gasteiger partial charge in [-0.15, -0.1) is 0 Å². The maximum Gasteiger partial charge on any atom is 0.362 e. The number of unbranched alkanes of at least 4 members (excludes halogenated alkanes) is 11. The second-order valence-electron chi connectivity index (χ2n) is 14.5. The van der Waals surface area contributed by atoms with E-state index in [1.807, 2.05) is 21.1 Å². The second kappa shape index (κ2) is 35.1. The number of carboxylic acids is 1. The number of carbonyl (C=O) groups excluding carboxylic acids is 2. The average Bonchev–Trinajstić information content (AvgIpc) is 3.09. The van der Waals surface area contributed by atoms with Crippen LogP contribution in [0.3, 0.4) is 0 Å². The van der Waals surface area contributed by atoms with E-state index in [0.717, 1.165) is 57.8 Å². The first-order valence-electron chi connectivity index (χ1n) is 20.3. The maximum absolute atomic E-state index is 12.7. The summed E-state index contributed by atoms with van der Waals surface area (Å²) >= 11 is 0. The monoisotopic (exact) mass is 731 g/mol. The molecular weight excluding hydrogens is 654 g/mol. The van der Waals surface area contributed by atoms with Crippen LogP contribution < -0.4 is 0 Å². The SMILES string of the molecule is CC/C=C/C/C=C/C/C=C/CCCC(=O)OCC(COCCC(C(=O)O)[N+](C)(C)C)OC(=O)CCCCCCCCC/C=C/C/C=C/CCCCC. The van der Waals surface area contributed by atoms with Crippen LogP contribution in [0.2, 0.25) is 0 Å². The number of nitrogens with zero attached hydrogens (tertiary/aromatic N) is 1. The third kappa shape index (κ3) is 32.9. The van der Waals surface area contributed by atoms with Gasteiger partial charge in [0.15, 0.2) is 12.1 Å². The van der Waals surface area contributed by atoms with E-state index in [2.05, 4.69) is 74.6 Å². The summed E-state index contributed by atoms with van der Waals surface area (Å²) in [6.07, 6.45) is 41.3. The molecule has 0 radical (unpaired) electrons. The number of rotatable bonds is 35. The molecule has 2 unspecified atom stereocenters. The molecule has 0 aromatic carbocycles. The van der Waals surface area contributed by atoms with E-state index in [9.17, 15) is 19.5 Å². The largest absolute Gasteiger partial charge is 0.477 e. The van der Waals surface area contributed by atoms with E-state index < -0.39 is 18.1 Å². The Balaban J connectivity index is 4.45. The van der Waals surface area contributed by atoms with Crippen molar-refractivity contribution in [3.05, 3.63) is 60.8 Å². The van der Waals surface area contributed by atoms with Crippen molar-refractivity contribution in [2.24, 2.45) is 0 Å². The van der Waals surface area contributed by atoms with E-state index in [1.54, 1.807) is 0 Å². The third-order valence-corrected chi connectivity index (χ3v) is 8.65. The van der Waals surface area contributed by atoms with Crippen LogP contribution in [0, 0.1) is 0 Å². The van der Waals surface area contributed by atoms with Gasteiger partial charge in [0.25, 0.3) is 0 Å². The van der Waals surface area contributed by atoms with Crippen molar-refractivity contribution in [1.29, 1.82) is 0 Å². The number of carboxylic acid groups (broad SMARTS) is 1. The summed E-state index contributed by atoms with van der Waals surface area (Å²) in [6, 6.07) is -0.624. The van der Waals surface area contributed by atoms with Gasteiger partial charge in [-0.2, -0.15) is 0 Å². The number of hydrogen-bond acceptors (Lipinski definition) is 6. The lowest BCUT2D eigenvalue weighted by Gasteiger charge is -2.31. The van der Waals surface area contributed by atoms with Gasteiger partial charge in [0.05, 0.1) is 34.4 Å². The molecule has 0 aliphatic carbocycles. The molecule has 0 aliphatic rings. The zero-order valence-electron chi connectivity index (χ0n) is 33.7. The number of hydrogen-bond donors (Lipinski definition) is 1. The first kappa shape index (κ1) is 49.0. The lowest BCUT2D eigenvalue weighted by Crippen LogP contribution is -2.50. The van der Waals surface area contributed by atoms with Crippen molar-refractivity contribution in [3.8, 4) is 0 Å². The van der Waals surface area contributed by atoms with Gasteiger partial charge in [0.1, 0.15) is 6.61 Å². The first-order valence-corrected chi connectivity index (χ1v) is 20.3. The van der Waals surface area contributed by atoms with E-state index in [-0.39, 0.29) is 42.7 Å².